The Balaban J connectivity index is 3.78. The van der Waals surface area contributed by atoms with Gasteiger partial charge in [-0.15, -0.1) is 0 Å². The van der Waals surface area contributed by atoms with Gasteiger partial charge in [0, 0.05) is 0 Å². The Morgan fingerprint density at radius 1 is 0.815 bits per heavy atom. The summed E-state index contributed by atoms with van der Waals surface area (Å²) >= 11 is 0. The number of carbonyl (C=O) groups is 1. The van der Waals surface area contributed by atoms with Gasteiger partial charge in [-0.3, -0.25) is 4.79 Å². The van der Waals surface area contributed by atoms with Gasteiger partial charge in [-0.2, -0.15) is 0 Å². The molecule has 0 bridgehead atoms. The largest absolute Gasteiger partial charge is 0.481 e. The van der Waals surface area contributed by atoms with E-state index in [0.29, 0.717) is 17.6 Å². The maximum atomic E-state index is 10.9. The van der Waals surface area contributed by atoms with E-state index in [1.807, 2.05) is 21.0 Å². The molecule has 1 atom stereocenters. The van der Waals surface area contributed by atoms with Crippen molar-refractivity contribution in [3.8, 4) is 0 Å². The van der Waals surface area contributed by atoms with Crippen LogP contribution in [0, 0.1) is 0 Å². The van der Waals surface area contributed by atoms with Gasteiger partial charge in [-0.25, -0.2) is 0 Å². The van der Waals surface area contributed by atoms with E-state index in [9.17, 15) is 9.90 Å². The summed E-state index contributed by atoms with van der Waals surface area (Å²) in [5.41, 5.74) is -0.666. The molecule has 27 heavy (non-hydrogen) atoms. The van der Waals surface area contributed by atoms with Crippen molar-refractivity contribution in [2.24, 2.45) is 0 Å². The fourth-order valence-electron chi connectivity index (χ4n) is 3.94. The predicted molar refractivity (Wildman–Crippen MR) is 115 cm³/mol. The van der Waals surface area contributed by atoms with E-state index in [1.165, 1.54) is 70.6 Å². The fraction of sp³-hybridized carbons (Fsp3) is 0.957. The zero-order valence-electron chi connectivity index (χ0n) is 18.8. The molecule has 0 fully saturated rings. The molecule has 0 heterocycles. The number of likely N-dealkylation sites (N-methyl/N-ethyl adjacent to an activating group) is 1. The van der Waals surface area contributed by atoms with Crippen LogP contribution < -0.4 is 0 Å². The van der Waals surface area contributed by atoms with Crippen LogP contribution >= 0.6 is 0 Å². The first-order valence-corrected chi connectivity index (χ1v) is 11.5. The lowest BCUT2D eigenvalue weighted by Crippen LogP contribution is -2.52. The molecular formula is C23H48NO3+. The summed E-state index contributed by atoms with van der Waals surface area (Å²) in [4.78, 5) is 10.8. The van der Waals surface area contributed by atoms with Crippen molar-refractivity contribution in [2.45, 2.75) is 116 Å². The number of aliphatic hydroxyl groups is 1. The average molecular weight is 387 g/mol. The summed E-state index contributed by atoms with van der Waals surface area (Å²) in [7, 11) is 4.04. The van der Waals surface area contributed by atoms with Crippen LogP contribution in [0.5, 0.6) is 0 Å². The number of carboxylic acid groups (broad SMARTS) is 1. The topological polar surface area (TPSA) is 57.5 Å². The molecule has 0 radical (unpaired) electrons. The monoisotopic (exact) mass is 386 g/mol. The summed E-state index contributed by atoms with van der Waals surface area (Å²) in [5, 5.41) is 19.8. The van der Waals surface area contributed by atoms with Crippen molar-refractivity contribution in [2.75, 3.05) is 27.2 Å². The van der Waals surface area contributed by atoms with Crippen LogP contribution in [0.15, 0.2) is 0 Å². The van der Waals surface area contributed by atoms with E-state index in [0.717, 1.165) is 19.3 Å². The number of quaternary nitrogens is 1. The minimum absolute atomic E-state index is 0.158. The van der Waals surface area contributed by atoms with E-state index in [2.05, 4.69) is 6.92 Å². The van der Waals surface area contributed by atoms with E-state index in [-0.39, 0.29) is 6.42 Å². The Bertz CT molecular complexity index is 371. The first kappa shape index (κ1) is 26.4. The van der Waals surface area contributed by atoms with Crippen LogP contribution in [0.4, 0.5) is 0 Å². The third kappa shape index (κ3) is 16.1. The molecule has 1 unspecified atom stereocenters. The highest BCUT2D eigenvalue weighted by atomic mass is 16.4. The highest BCUT2D eigenvalue weighted by molar-refractivity contribution is 5.66. The maximum absolute atomic E-state index is 10.9. The van der Waals surface area contributed by atoms with Gasteiger partial charge in [0.1, 0.15) is 12.1 Å². The summed E-state index contributed by atoms with van der Waals surface area (Å²) in [6.45, 7) is 5.50. The van der Waals surface area contributed by atoms with Crippen LogP contribution in [0.25, 0.3) is 0 Å². The molecular weight excluding hydrogens is 338 g/mol. The van der Waals surface area contributed by atoms with Gasteiger partial charge in [0.25, 0.3) is 0 Å². The van der Waals surface area contributed by atoms with Gasteiger partial charge >= 0.3 is 5.97 Å². The molecule has 0 aromatic carbocycles. The second-order valence-corrected chi connectivity index (χ2v) is 9.18. The third-order valence-corrected chi connectivity index (χ3v) is 5.81. The predicted octanol–water partition coefficient (Wildman–Crippen LogP) is 5.77. The van der Waals surface area contributed by atoms with E-state index >= 15 is 0 Å². The summed E-state index contributed by atoms with van der Waals surface area (Å²) < 4.78 is 0.564. The van der Waals surface area contributed by atoms with Gasteiger partial charge in [0.05, 0.1) is 27.1 Å². The van der Waals surface area contributed by atoms with Crippen LogP contribution in [0.1, 0.15) is 110 Å². The Kier molecular flexibility index (Phi) is 15.0. The van der Waals surface area contributed by atoms with Crippen molar-refractivity contribution in [3.05, 3.63) is 0 Å². The summed E-state index contributed by atoms with van der Waals surface area (Å²) in [6.07, 6.45) is 17.6. The van der Waals surface area contributed by atoms with E-state index in [1.54, 1.807) is 0 Å². The Labute approximate surface area is 168 Å². The lowest BCUT2D eigenvalue weighted by atomic mass is 9.91. The van der Waals surface area contributed by atoms with Crippen molar-refractivity contribution >= 4 is 5.97 Å². The molecule has 2 N–H and O–H groups in total. The summed E-state index contributed by atoms with van der Waals surface area (Å²) in [5.74, 6) is -0.762. The molecule has 0 aliphatic rings. The SMILES string of the molecule is CCCCCCCCCCCCCCC(O)(CC)C[N+](C)(C)CCC(=O)O. The quantitative estimate of drug-likeness (QED) is 0.219. The molecule has 0 spiro atoms. The van der Waals surface area contributed by atoms with Crippen molar-refractivity contribution in [1.82, 2.24) is 0 Å². The molecule has 0 aromatic rings. The molecule has 4 heteroatoms. The highest BCUT2D eigenvalue weighted by Crippen LogP contribution is 2.23. The number of carboxylic acids is 1. The van der Waals surface area contributed by atoms with Gasteiger partial charge in [0.15, 0.2) is 0 Å². The molecule has 0 saturated carbocycles. The highest BCUT2D eigenvalue weighted by Gasteiger charge is 2.33. The zero-order chi connectivity index (χ0) is 20.6. The molecule has 4 nitrogen and oxygen atoms in total. The number of rotatable bonds is 19. The lowest BCUT2D eigenvalue weighted by Gasteiger charge is -2.38. The molecule has 0 aliphatic carbocycles. The Hall–Kier alpha value is -0.610. The Morgan fingerprint density at radius 2 is 1.26 bits per heavy atom. The molecule has 0 rings (SSSR count). The summed E-state index contributed by atoms with van der Waals surface area (Å²) in [6, 6.07) is 0. The van der Waals surface area contributed by atoms with Crippen LogP contribution in [0.3, 0.4) is 0 Å². The molecule has 0 amide bonds. The first-order chi connectivity index (χ1) is 12.7. The Morgan fingerprint density at radius 3 is 1.67 bits per heavy atom. The first-order valence-electron chi connectivity index (χ1n) is 11.5. The zero-order valence-corrected chi connectivity index (χ0v) is 18.8. The minimum atomic E-state index is -0.762. The van der Waals surface area contributed by atoms with E-state index < -0.39 is 11.6 Å². The number of unbranched alkanes of at least 4 members (excludes halogenated alkanes) is 11. The molecule has 0 aliphatic heterocycles. The fourth-order valence-corrected chi connectivity index (χ4v) is 3.94. The van der Waals surface area contributed by atoms with E-state index in [4.69, 9.17) is 5.11 Å². The van der Waals surface area contributed by atoms with Crippen molar-refractivity contribution in [1.29, 1.82) is 0 Å². The maximum Gasteiger partial charge on any atom is 0.309 e. The van der Waals surface area contributed by atoms with Crippen LogP contribution in [0.2, 0.25) is 0 Å². The van der Waals surface area contributed by atoms with Crippen LogP contribution in [-0.4, -0.2) is 53.5 Å². The smallest absolute Gasteiger partial charge is 0.309 e. The van der Waals surface area contributed by atoms with Gasteiger partial charge in [-0.05, 0) is 12.8 Å². The van der Waals surface area contributed by atoms with Crippen LogP contribution in [-0.2, 0) is 4.79 Å². The minimum Gasteiger partial charge on any atom is -0.481 e. The second kappa shape index (κ2) is 15.3. The van der Waals surface area contributed by atoms with Crippen molar-refractivity contribution < 1.29 is 19.5 Å². The van der Waals surface area contributed by atoms with Gasteiger partial charge in [0.2, 0.25) is 0 Å². The van der Waals surface area contributed by atoms with Gasteiger partial charge in [-0.1, -0.05) is 90.9 Å². The second-order valence-electron chi connectivity index (χ2n) is 9.18. The average Bonchev–Trinajstić information content (AvgIpc) is 2.60. The molecule has 0 aromatic heterocycles. The number of hydrogen-bond donors (Lipinski definition) is 2. The van der Waals surface area contributed by atoms with Crippen molar-refractivity contribution in [3.63, 3.8) is 0 Å². The standard InChI is InChI=1S/C23H47NO3/c1-5-7-8-9-10-11-12-13-14-15-16-17-19-23(27,6-2)21-24(3,4)20-18-22(25)26/h27H,5-21H2,1-4H3/p+1. The number of hydrogen-bond acceptors (Lipinski definition) is 2. The number of nitrogens with zero attached hydrogens (tertiary/aromatic N) is 1. The molecule has 0 saturated heterocycles. The molecule has 162 valence electrons. The lowest BCUT2D eigenvalue weighted by molar-refractivity contribution is -0.896. The number of aliphatic carboxylic acids is 1. The normalized spacial score (nSPS) is 14.3. The third-order valence-electron chi connectivity index (χ3n) is 5.81. The van der Waals surface area contributed by atoms with Gasteiger partial charge < -0.3 is 14.7 Å².